The first-order chi connectivity index (χ1) is 11.2. The predicted octanol–water partition coefficient (Wildman–Crippen LogP) is 4.34. The number of nitrogens with one attached hydrogen (secondary N) is 2. The third-order valence-corrected chi connectivity index (χ3v) is 4.17. The number of hydrazone groups is 1. The molecule has 23 heavy (non-hydrogen) atoms. The van der Waals surface area contributed by atoms with Crippen molar-refractivity contribution >= 4 is 44.0 Å². The molecule has 3 aromatic rings. The summed E-state index contributed by atoms with van der Waals surface area (Å²) in [6, 6.07) is 8.86. The predicted molar refractivity (Wildman–Crippen MR) is 93.3 cm³/mol. The van der Waals surface area contributed by atoms with Gasteiger partial charge in [0.15, 0.2) is 5.76 Å². The summed E-state index contributed by atoms with van der Waals surface area (Å²) in [5.74, 6) is 0.00141. The van der Waals surface area contributed by atoms with E-state index in [0.29, 0.717) is 5.69 Å². The van der Waals surface area contributed by atoms with Crippen LogP contribution in [-0.2, 0) is 0 Å². The van der Waals surface area contributed by atoms with E-state index in [1.807, 2.05) is 32.0 Å². The zero-order chi connectivity index (χ0) is 16.2. The van der Waals surface area contributed by atoms with Gasteiger partial charge in [-0.2, -0.15) is 5.10 Å². The van der Waals surface area contributed by atoms with Crippen LogP contribution in [0, 0.1) is 0 Å². The average molecular weight is 328 g/mol. The van der Waals surface area contributed by atoms with Gasteiger partial charge < -0.3 is 9.73 Å². The Balaban J connectivity index is 1.77. The highest BCUT2D eigenvalue weighted by molar-refractivity contribution is 7.22. The van der Waals surface area contributed by atoms with Gasteiger partial charge >= 0.3 is 0 Å². The van der Waals surface area contributed by atoms with Crippen molar-refractivity contribution in [3.8, 4) is 0 Å². The molecule has 0 aliphatic rings. The van der Waals surface area contributed by atoms with Gasteiger partial charge in [0, 0.05) is 11.4 Å². The molecule has 0 radical (unpaired) electrons. The van der Waals surface area contributed by atoms with Crippen LogP contribution in [0.25, 0.3) is 10.2 Å². The zero-order valence-corrected chi connectivity index (χ0v) is 13.6. The van der Waals surface area contributed by atoms with E-state index in [1.165, 1.54) is 17.6 Å². The number of rotatable bonds is 5. The Hall–Kier alpha value is -2.67. The van der Waals surface area contributed by atoms with E-state index in [4.69, 9.17) is 4.42 Å². The van der Waals surface area contributed by atoms with Gasteiger partial charge in [-0.25, -0.2) is 4.98 Å². The minimum absolute atomic E-state index is 0.277. The van der Waals surface area contributed by atoms with Gasteiger partial charge in [-0.3, -0.25) is 10.2 Å². The molecule has 0 spiro atoms. The molecule has 7 heteroatoms. The minimum atomic E-state index is -0.277. The summed E-state index contributed by atoms with van der Waals surface area (Å²) in [6.45, 7) is 4.01. The lowest BCUT2D eigenvalue weighted by molar-refractivity contribution is 0.0996. The number of furan rings is 1. The van der Waals surface area contributed by atoms with E-state index in [2.05, 4.69) is 20.8 Å². The normalized spacial score (nSPS) is 11.7. The molecule has 0 aliphatic carbocycles. The number of hydrogen-bond acceptors (Lipinski definition) is 6. The fourth-order valence-electron chi connectivity index (χ4n) is 1.87. The Morgan fingerprint density at radius 3 is 3.00 bits per heavy atom. The highest BCUT2D eigenvalue weighted by Crippen LogP contribution is 2.28. The average Bonchev–Trinajstić information content (AvgIpc) is 3.21. The number of anilines is 2. The highest BCUT2D eigenvalue weighted by atomic mass is 32.1. The second-order valence-electron chi connectivity index (χ2n) is 4.95. The number of hydrogen-bond donors (Lipinski definition) is 2. The third kappa shape index (κ3) is 3.57. The van der Waals surface area contributed by atoms with Gasteiger partial charge in [-0.15, -0.1) is 0 Å². The monoisotopic (exact) mass is 328 g/mol. The number of nitrogens with zero attached hydrogens (tertiary/aromatic N) is 2. The van der Waals surface area contributed by atoms with Gasteiger partial charge in [0.1, 0.15) is 0 Å². The van der Waals surface area contributed by atoms with E-state index in [9.17, 15) is 4.79 Å². The topological polar surface area (TPSA) is 79.5 Å². The lowest BCUT2D eigenvalue weighted by Gasteiger charge is -2.02. The van der Waals surface area contributed by atoms with E-state index in [-0.39, 0.29) is 11.7 Å². The van der Waals surface area contributed by atoms with Crippen LogP contribution in [0.15, 0.2) is 46.1 Å². The van der Waals surface area contributed by atoms with Crippen LogP contribution >= 0.6 is 11.3 Å². The molecule has 0 atom stereocenters. The summed E-state index contributed by atoms with van der Waals surface area (Å²) in [6.07, 6.45) is 2.36. The van der Waals surface area contributed by atoms with Crippen LogP contribution in [-0.4, -0.2) is 16.6 Å². The van der Waals surface area contributed by atoms with Crippen molar-refractivity contribution in [3.63, 3.8) is 0 Å². The summed E-state index contributed by atoms with van der Waals surface area (Å²) >= 11 is 1.48. The number of benzene rings is 1. The van der Waals surface area contributed by atoms with E-state index >= 15 is 0 Å². The van der Waals surface area contributed by atoms with E-state index < -0.39 is 0 Å². The van der Waals surface area contributed by atoms with E-state index in [0.717, 1.165) is 27.5 Å². The Morgan fingerprint density at radius 2 is 2.26 bits per heavy atom. The maximum atomic E-state index is 12.0. The highest BCUT2D eigenvalue weighted by Gasteiger charge is 2.10. The molecule has 2 N–H and O–H groups in total. The first-order valence-electron chi connectivity index (χ1n) is 7.20. The van der Waals surface area contributed by atoms with Crippen molar-refractivity contribution in [2.75, 3.05) is 10.7 Å². The molecular formula is C16H16N4O2S. The molecule has 0 saturated carbocycles. The molecule has 2 heterocycles. The van der Waals surface area contributed by atoms with Gasteiger partial charge in [0.25, 0.3) is 5.91 Å². The molecule has 118 valence electrons. The standard InChI is InChI=1S/C16H16N4O2S/c1-3-10(2)19-20-16-18-12-7-6-11(9-14(12)23-16)17-15(21)13-5-4-8-22-13/h4-9H,3H2,1-2H3,(H,17,21)(H,18,20)/b19-10+. The van der Waals surface area contributed by atoms with Crippen LogP contribution in [0.1, 0.15) is 30.8 Å². The molecular weight excluding hydrogens is 312 g/mol. The van der Waals surface area contributed by atoms with Gasteiger partial charge in [0.05, 0.1) is 16.5 Å². The quantitative estimate of drug-likeness (QED) is 0.539. The van der Waals surface area contributed by atoms with Crippen molar-refractivity contribution in [1.82, 2.24) is 4.98 Å². The fourth-order valence-corrected chi connectivity index (χ4v) is 2.72. The Bertz CT molecular complexity index is 852. The Labute approximate surface area is 137 Å². The molecule has 0 saturated heterocycles. The number of fused-ring (bicyclic) bond motifs is 1. The minimum Gasteiger partial charge on any atom is -0.459 e. The van der Waals surface area contributed by atoms with Gasteiger partial charge in [-0.1, -0.05) is 18.3 Å². The number of carbonyl (C=O) groups excluding carboxylic acids is 1. The second-order valence-corrected chi connectivity index (χ2v) is 5.98. The van der Waals surface area contributed by atoms with E-state index in [1.54, 1.807) is 12.1 Å². The summed E-state index contributed by atoms with van der Waals surface area (Å²) < 4.78 is 6.04. The van der Waals surface area contributed by atoms with Crippen LogP contribution in [0.3, 0.4) is 0 Å². The second kappa shape index (κ2) is 6.62. The number of carbonyl (C=O) groups is 1. The van der Waals surface area contributed by atoms with Gasteiger partial charge in [0.2, 0.25) is 5.13 Å². The number of thiazole rings is 1. The largest absolute Gasteiger partial charge is 0.459 e. The maximum absolute atomic E-state index is 12.0. The number of amides is 1. The summed E-state index contributed by atoms with van der Waals surface area (Å²) in [5, 5.41) is 7.77. The fraction of sp³-hybridized carbons (Fsp3) is 0.188. The molecule has 1 amide bonds. The lowest BCUT2D eigenvalue weighted by Crippen LogP contribution is -2.10. The molecule has 0 unspecified atom stereocenters. The van der Waals surface area contributed by atoms with Crippen LogP contribution in [0.4, 0.5) is 10.8 Å². The van der Waals surface area contributed by atoms with Crippen molar-refractivity contribution in [2.24, 2.45) is 5.10 Å². The Morgan fingerprint density at radius 1 is 1.39 bits per heavy atom. The van der Waals surface area contributed by atoms with Crippen molar-refractivity contribution < 1.29 is 9.21 Å². The van der Waals surface area contributed by atoms with Crippen LogP contribution in [0.5, 0.6) is 0 Å². The smallest absolute Gasteiger partial charge is 0.291 e. The third-order valence-electron chi connectivity index (χ3n) is 3.25. The van der Waals surface area contributed by atoms with Crippen molar-refractivity contribution in [2.45, 2.75) is 20.3 Å². The first-order valence-corrected chi connectivity index (χ1v) is 8.02. The Kier molecular flexibility index (Phi) is 4.38. The van der Waals surface area contributed by atoms with Crippen LogP contribution in [0.2, 0.25) is 0 Å². The summed E-state index contributed by atoms with van der Waals surface area (Å²) in [4.78, 5) is 16.4. The number of aromatic nitrogens is 1. The molecule has 0 aliphatic heterocycles. The molecule has 1 aromatic carbocycles. The van der Waals surface area contributed by atoms with Crippen molar-refractivity contribution in [3.05, 3.63) is 42.4 Å². The lowest BCUT2D eigenvalue weighted by atomic mass is 10.3. The zero-order valence-electron chi connectivity index (χ0n) is 12.8. The molecule has 0 bridgehead atoms. The molecule has 3 rings (SSSR count). The molecule has 0 fully saturated rings. The summed E-state index contributed by atoms with van der Waals surface area (Å²) in [5.41, 5.74) is 5.53. The maximum Gasteiger partial charge on any atom is 0.291 e. The first kappa shape index (κ1) is 15.2. The summed E-state index contributed by atoms with van der Waals surface area (Å²) in [7, 11) is 0. The van der Waals surface area contributed by atoms with Crippen molar-refractivity contribution in [1.29, 1.82) is 0 Å². The van der Waals surface area contributed by atoms with Crippen LogP contribution < -0.4 is 10.7 Å². The molecule has 6 nitrogen and oxygen atoms in total. The van der Waals surface area contributed by atoms with Gasteiger partial charge in [-0.05, 0) is 43.7 Å². The molecule has 2 aromatic heterocycles. The SMILES string of the molecule is CC/C(C)=N/Nc1nc2ccc(NC(=O)c3ccco3)cc2s1.